The van der Waals surface area contributed by atoms with Crippen molar-refractivity contribution in [3.63, 3.8) is 0 Å². The fourth-order valence-electron chi connectivity index (χ4n) is 1.83. The molecule has 1 unspecified atom stereocenters. The molecule has 0 saturated heterocycles. The Kier molecular flexibility index (Phi) is 6.39. The van der Waals surface area contributed by atoms with Crippen molar-refractivity contribution in [2.24, 2.45) is 5.73 Å². The SMILES string of the molecule is CC[C@H](CC(C)N)Sc1nc2ccc(N)cc2s1.Cl. The molecule has 106 valence electrons. The zero-order valence-corrected chi connectivity index (χ0v) is 13.6. The maximum Gasteiger partial charge on any atom is 0.151 e. The summed E-state index contributed by atoms with van der Waals surface area (Å²) in [5.74, 6) is 0. The zero-order valence-electron chi connectivity index (χ0n) is 11.1. The van der Waals surface area contributed by atoms with Crippen LogP contribution in [0.2, 0.25) is 0 Å². The summed E-state index contributed by atoms with van der Waals surface area (Å²) in [6.07, 6.45) is 2.14. The van der Waals surface area contributed by atoms with E-state index in [1.807, 2.05) is 30.0 Å². The first-order chi connectivity index (χ1) is 8.58. The van der Waals surface area contributed by atoms with Crippen LogP contribution in [0.5, 0.6) is 0 Å². The zero-order chi connectivity index (χ0) is 13.1. The van der Waals surface area contributed by atoms with E-state index >= 15 is 0 Å². The summed E-state index contributed by atoms with van der Waals surface area (Å²) in [5.41, 5.74) is 13.5. The monoisotopic (exact) mass is 317 g/mol. The second-order valence-electron chi connectivity index (χ2n) is 4.57. The number of thioether (sulfide) groups is 1. The van der Waals surface area contributed by atoms with Crippen LogP contribution in [-0.2, 0) is 0 Å². The Hall–Kier alpha value is -0.490. The van der Waals surface area contributed by atoms with Gasteiger partial charge in [-0.3, -0.25) is 0 Å². The standard InChI is InChI=1S/C13H19N3S2.ClH/c1-3-10(6-8(2)14)17-13-16-11-5-4-9(15)7-12(11)18-13;/h4-5,7-8,10H,3,6,14-15H2,1-2H3;1H/t8?,10-;/m1./s1. The molecule has 1 aromatic heterocycles. The quantitative estimate of drug-likeness (QED) is 0.648. The van der Waals surface area contributed by atoms with Gasteiger partial charge in [-0.25, -0.2) is 4.98 Å². The van der Waals surface area contributed by atoms with Crippen molar-refractivity contribution in [2.45, 2.75) is 42.3 Å². The molecule has 3 nitrogen and oxygen atoms in total. The van der Waals surface area contributed by atoms with Crippen molar-refractivity contribution in [1.29, 1.82) is 0 Å². The van der Waals surface area contributed by atoms with Gasteiger partial charge in [-0.15, -0.1) is 23.7 Å². The molecule has 2 rings (SSSR count). The third-order valence-corrected chi connectivity index (χ3v) is 5.25. The molecule has 6 heteroatoms. The average molecular weight is 318 g/mol. The molecule has 1 aromatic carbocycles. The summed E-state index contributed by atoms with van der Waals surface area (Å²) in [7, 11) is 0. The first-order valence-electron chi connectivity index (χ1n) is 6.16. The summed E-state index contributed by atoms with van der Waals surface area (Å²) in [5, 5.41) is 0.544. The topological polar surface area (TPSA) is 64.9 Å². The molecular formula is C13H20ClN3S2. The van der Waals surface area contributed by atoms with Crippen molar-refractivity contribution in [3.8, 4) is 0 Å². The van der Waals surface area contributed by atoms with E-state index in [4.69, 9.17) is 11.5 Å². The number of fused-ring (bicyclic) bond motifs is 1. The molecule has 0 aliphatic rings. The minimum Gasteiger partial charge on any atom is -0.399 e. The highest BCUT2D eigenvalue weighted by Crippen LogP contribution is 2.35. The van der Waals surface area contributed by atoms with Gasteiger partial charge < -0.3 is 11.5 Å². The van der Waals surface area contributed by atoms with Gasteiger partial charge in [0.1, 0.15) is 0 Å². The van der Waals surface area contributed by atoms with Gasteiger partial charge >= 0.3 is 0 Å². The van der Waals surface area contributed by atoms with Crippen molar-refractivity contribution in [3.05, 3.63) is 18.2 Å². The summed E-state index contributed by atoms with van der Waals surface area (Å²) >= 11 is 3.55. The fraction of sp³-hybridized carbons (Fsp3) is 0.462. The lowest BCUT2D eigenvalue weighted by Gasteiger charge is -2.14. The van der Waals surface area contributed by atoms with Crippen LogP contribution in [-0.4, -0.2) is 16.3 Å². The van der Waals surface area contributed by atoms with Crippen LogP contribution in [0.3, 0.4) is 0 Å². The Morgan fingerprint density at radius 2 is 2.16 bits per heavy atom. The van der Waals surface area contributed by atoms with Crippen LogP contribution >= 0.6 is 35.5 Å². The minimum absolute atomic E-state index is 0. The normalized spacial score (nSPS) is 14.1. The number of hydrogen-bond acceptors (Lipinski definition) is 5. The Bertz CT molecular complexity index is 528. The Labute approximate surface area is 128 Å². The van der Waals surface area contributed by atoms with Gasteiger partial charge in [-0.2, -0.15) is 0 Å². The largest absolute Gasteiger partial charge is 0.399 e. The molecule has 0 amide bonds. The van der Waals surface area contributed by atoms with E-state index in [0.29, 0.717) is 5.25 Å². The number of anilines is 1. The highest BCUT2D eigenvalue weighted by atomic mass is 35.5. The molecule has 1 heterocycles. The lowest BCUT2D eigenvalue weighted by Crippen LogP contribution is -2.20. The molecule has 0 saturated carbocycles. The highest BCUT2D eigenvalue weighted by molar-refractivity contribution is 8.01. The van der Waals surface area contributed by atoms with Crippen LogP contribution in [0.25, 0.3) is 10.2 Å². The number of aromatic nitrogens is 1. The lowest BCUT2D eigenvalue weighted by molar-refractivity contribution is 0.628. The fourth-order valence-corrected chi connectivity index (χ4v) is 4.44. The smallest absolute Gasteiger partial charge is 0.151 e. The van der Waals surface area contributed by atoms with Crippen LogP contribution in [0.1, 0.15) is 26.7 Å². The number of nitrogens with zero attached hydrogens (tertiary/aromatic N) is 1. The maximum atomic E-state index is 5.87. The van der Waals surface area contributed by atoms with E-state index in [1.54, 1.807) is 11.3 Å². The van der Waals surface area contributed by atoms with E-state index in [0.717, 1.165) is 33.1 Å². The number of thiazole rings is 1. The number of halogens is 1. The predicted molar refractivity (Wildman–Crippen MR) is 89.5 cm³/mol. The van der Waals surface area contributed by atoms with Gasteiger partial charge in [0.05, 0.1) is 10.2 Å². The summed E-state index contributed by atoms with van der Waals surface area (Å²) in [6, 6.07) is 6.12. The van der Waals surface area contributed by atoms with Gasteiger partial charge in [0, 0.05) is 17.0 Å². The molecule has 2 atom stereocenters. The maximum absolute atomic E-state index is 5.87. The van der Waals surface area contributed by atoms with Gasteiger partial charge in [-0.05, 0) is 38.0 Å². The van der Waals surface area contributed by atoms with Crippen LogP contribution < -0.4 is 11.5 Å². The lowest BCUT2D eigenvalue weighted by atomic mass is 10.1. The first-order valence-corrected chi connectivity index (χ1v) is 7.86. The van der Waals surface area contributed by atoms with Crippen LogP contribution in [0.4, 0.5) is 5.69 Å². The second-order valence-corrected chi connectivity index (χ2v) is 7.15. The number of nitrogens with two attached hydrogens (primary N) is 2. The molecule has 0 radical (unpaired) electrons. The van der Waals surface area contributed by atoms with E-state index in [9.17, 15) is 0 Å². The van der Waals surface area contributed by atoms with E-state index in [1.165, 1.54) is 0 Å². The van der Waals surface area contributed by atoms with E-state index in [-0.39, 0.29) is 18.4 Å². The summed E-state index contributed by atoms with van der Waals surface area (Å²) < 4.78 is 2.27. The molecule has 4 N–H and O–H groups in total. The predicted octanol–water partition coefficient (Wildman–Crippen LogP) is 3.91. The van der Waals surface area contributed by atoms with Gasteiger partial charge in [0.25, 0.3) is 0 Å². The number of rotatable bonds is 5. The van der Waals surface area contributed by atoms with E-state index < -0.39 is 0 Å². The van der Waals surface area contributed by atoms with Crippen LogP contribution in [0.15, 0.2) is 22.5 Å². The van der Waals surface area contributed by atoms with E-state index in [2.05, 4.69) is 18.8 Å². The third kappa shape index (κ3) is 4.53. The van der Waals surface area contributed by atoms with Crippen molar-refractivity contribution >= 4 is 51.4 Å². The molecular weight excluding hydrogens is 298 g/mol. The summed E-state index contributed by atoms with van der Waals surface area (Å²) in [6.45, 7) is 4.26. The average Bonchev–Trinajstić information content (AvgIpc) is 2.68. The highest BCUT2D eigenvalue weighted by Gasteiger charge is 2.13. The first kappa shape index (κ1) is 16.6. The molecule has 2 aromatic rings. The Morgan fingerprint density at radius 1 is 1.42 bits per heavy atom. The number of hydrogen-bond donors (Lipinski definition) is 2. The minimum atomic E-state index is 0. The Balaban J connectivity index is 0.00000180. The Morgan fingerprint density at radius 3 is 2.79 bits per heavy atom. The van der Waals surface area contributed by atoms with Gasteiger partial charge in [0.15, 0.2) is 4.34 Å². The second kappa shape index (κ2) is 7.33. The number of benzene rings is 1. The molecule has 0 spiro atoms. The third-order valence-electron chi connectivity index (χ3n) is 2.75. The van der Waals surface area contributed by atoms with Crippen molar-refractivity contribution in [2.75, 3.05) is 5.73 Å². The number of nitrogen functional groups attached to an aromatic ring is 1. The summed E-state index contributed by atoms with van der Waals surface area (Å²) in [4.78, 5) is 4.63. The molecule has 0 fully saturated rings. The van der Waals surface area contributed by atoms with Gasteiger partial charge in [-0.1, -0.05) is 18.7 Å². The van der Waals surface area contributed by atoms with Crippen molar-refractivity contribution in [1.82, 2.24) is 4.98 Å². The van der Waals surface area contributed by atoms with Crippen LogP contribution in [0, 0.1) is 0 Å². The van der Waals surface area contributed by atoms with Crippen molar-refractivity contribution < 1.29 is 0 Å². The molecule has 19 heavy (non-hydrogen) atoms. The molecule has 0 aliphatic carbocycles. The molecule has 0 aliphatic heterocycles. The van der Waals surface area contributed by atoms with Gasteiger partial charge in [0.2, 0.25) is 0 Å². The molecule has 0 bridgehead atoms.